The second-order valence-electron chi connectivity index (χ2n) is 8.68. The van der Waals surface area contributed by atoms with Crippen molar-refractivity contribution in [3.05, 3.63) is 76.8 Å². The molecule has 0 saturated heterocycles. The molecule has 4 aromatic rings. The number of nitro benzene ring substituents is 1. The number of nitrogen functional groups attached to an aromatic ring is 4. The van der Waals surface area contributed by atoms with E-state index in [0.29, 0.717) is 5.69 Å². The van der Waals surface area contributed by atoms with Crippen LogP contribution in [0.2, 0.25) is 0 Å². The van der Waals surface area contributed by atoms with Gasteiger partial charge in [0.15, 0.2) is 0 Å². The molecule has 8 N–H and O–H groups in total. The summed E-state index contributed by atoms with van der Waals surface area (Å²) in [5.41, 5.74) is 22.4. The van der Waals surface area contributed by atoms with E-state index in [4.69, 9.17) is 22.9 Å². The fraction of sp³-hybridized carbons (Fsp3) is 0. The normalized spacial score (nSPS) is 11.7. The molecule has 0 aliphatic heterocycles. The summed E-state index contributed by atoms with van der Waals surface area (Å²) in [6, 6.07) is 15.7. The quantitative estimate of drug-likeness (QED) is 0.0404. The van der Waals surface area contributed by atoms with Crippen LogP contribution in [-0.4, -0.2) is 30.9 Å². The van der Waals surface area contributed by atoms with E-state index in [9.17, 15) is 36.1 Å². The summed E-state index contributed by atoms with van der Waals surface area (Å²) >= 11 is 0. The molecule has 0 radical (unpaired) electrons. The first-order valence-electron chi connectivity index (χ1n) is 11.6. The molecule has 21 heteroatoms. The zero-order valence-corrected chi connectivity index (χ0v) is 29.1. The van der Waals surface area contributed by atoms with E-state index in [1.54, 1.807) is 36.4 Å². The molecular formula is C24H19N9Na2O8S2. The molecule has 0 aliphatic carbocycles. The molecule has 0 aliphatic rings. The zero-order valence-electron chi connectivity index (χ0n) is 23.5. The number of rotatable bonds is 8. The van der Waals surface area contributed by atoms with Crippen LogP contribution in [0.1, 0.15) is 0 Å². The van der Waals surface area contributed by atoms with Gasteiger partial charge in [-0.1, -0.05) is 24.3 Å². The Balaban J connectivity index is 0.00000353. The van der Waals surface area contributed by atoms with Gasteiger partial charge in [0, 0.05) is 6.07 Å². The molecule has 0 aromatic heterocycles. The van der Waals surface area contributed by atoms with Crippen molar-refractivity contribution < 1.29 is 90.0 Å². The average Bonchev–Trinajstić information content (AvgIpc) is 2.91. The molecule has 4 aromatic carbocycles. The maximum atomic E-state index is 11.5. The number of nitrogens with zero attached hydrogens (tertiary/aromatic N) is 5. The van der Waals surface area contributed by atoms with Gasteiger partial charge < -0.3 is 32.0 Å². The Morgan fingerprint density at radius 3 is 1.42 bits per heavy atom. The van der Waals surface area contributed by atoms with Gasteiger partial charge in [0.1, 0.15) is 37.3 Å². The summed E-state index contributed by atoms with van der Waals surface area (Å²) in [6.07, 6.45) is 0. The van der Waals surface area contributed by atoms with Crippen LogP contribution >= 0.6 is 0 Å². The van der Waals surface area contributed by atoms with Gasteiger partial charge in [-0.05, 0) is 47.5 Å². The summed E-state index contributed by atoms with van der Waals surface area (Å²) in [5, 5.41) is 26.7. The van der Waals surface area contributed by atoms with Gasteiger partial charge in [-0.3, -0.25) is 10.1 Å². The van der Waals surface area contributed by atoms with Crippen LogP contribution < -0.4 is 82.0 Å². The molecule has 17 nitrogen and oxygen atoms in total. The molecule has 222 valence electrons. The van der Waals surface area contributed by atoms with Gasteiger partial charge >= 0.3 is 59.1 Å². The van der Waals surface area contributed by atoms with Crippen molar-refractivity contribution in [1.29, 1.82) is 0 Å². The summed E-state index contributed by atoms with van der Waals surface area (Å²) in [7, 11) is -10.6. The average molecular weight is 672 g/mol. The van der Waals surface area contributed by atoms with Crippen molar-refractivity contribution >= 4 is 71.4 Å². The number of anilines is 4. The SMILES string of the molecule is Nc1cc(N)c([N+](=O)[O-])cc1N=Nc1ccc(-c2ccc(N=Nc3c(N)c(S(=O)(=O)[O-])cc(S(=O)(=O)[O-])c3N)cc2)cc1.[Na+].[Na+]. The Morgan fingerprint density at radius 1 is 0.600 bits per heavy atom. The van der Waals surface area contributed by atoms with Crippen LogP contribution in [0.3, 0.4) is 0 Å². The largest absolute Gasteiger partial charge is 1.00 e. The minimum absolute atomic E-state index is 0. The number of nitrogens with two attached hydrogens (primary N) is 4. The Labute approximate surface area is 300 Å². The van der Waals surface area contributed by atoms with E-state index in [1.165, 1.54) is 18.2 Å². The van der Waals surface area contributed by atoms with Crippen molar-refractivity contribution in [3.8, 4) is 11.1 Å². The van der Waals surface area contributed by atoms with Crippen LogP contribution in [0.15, 0.2) is 97.0 Å². The van der Waals surface area contributed by atoms with Crippen LogP contribution in [0, 0.1) is 10.1 Å². The van der Waals surface area contributed by atoms with Gasteiger partial charge in [0.2, 0.25) is 0 Å². The second-order valence-corrected chi connectivity index (χ2v) is 11.4. The van der Waals surface area contributed by atoms with Gasteiger partial charge in [-0.25, -0.2) is 16.8 Å². The fourth-order valence-corrected chi connectivity index (χ4v) is 5.02. The van der Waals surface area contributed by atoms with Gasteiger partial charge in [-0.15, -0.1) is 10.2 Å². The van der Waals surface area contributed by atoms with E-state index in [1.807, 2.05) is 0 Å². The molecule has 0 amide bonds. The van der Waals surface area contributed by atoms with Crippen molar-refractivity contribution in [3.63, 3.8) is 0 Å². The van der Waals surface area contributed by atoms with Crippen molar-refractivity contribution in [2.75, 3.05) is 22.9 Å². The monoisotopic (exact) mass is 671 g/mol. The molecule has 0 unspecified atom stereocenters. The predicted octanol–water partition coefficient (Wildman–Crippen LogP) is -1.76. The van der Waals surface area contributed by atoms with Gasteiger partial charge in [-0.2, -0.15) is 10.2 Å². The Hall–Kier alpha value is -3.50. The van der Waals surface area contributed by atoms with Crippen molar-refractivity contribution in [2.45, 2.75) is 9.79 Å². The third-order valence-electron chi connectivity index (χ3n) is 5.82. The third-order valence-corrected chi connectivity index (χ3v) is 7.57. The Bertz CT molecular complexity index is 1990. The molecule has 0 fully saturated rings. The first-order valence-corrected chi connectivity index (χ1v) is 14.4. The van der Waals surface area contributed by atoms with Gasteiger partial charge in [0.25, 0.3) is 5.69 Å². The Morgan fingerprint density at radius 2 is 1.02 bits per heavy atom. The number of nitro groups is 1. The molecule has 0 spiro atoms. The molecular weight excluding hydrogens is 652 g/mol. The maximum absolute atomic E-state index is 11.5. The predicted molar refractivity (Wildman–Crippen MR) is 153 cm³/mol. The van der Waals surface area contributed by atoms with E-state index in [0.717, 1.165) is 17.2 Å². The maximum Gasteiger partial charge on any atom is 1.00 e. The topological polar surface area (TPSA) is 311 Å². The first kappa shape index (κ1) is 37.7. The summed E-state index contributed by atoms with van der Waals surface area (Å²) in [6.45, 7) is 0. The summed E-state index contributed by atoms with van der Waals surface area (Å²) < 4.78 is 69.2. The van der Waals surface area contributed by atoms with Crippen LogP contribution in [0.25, 0.3) is 11.1 Å². The van der Waals surface area contributed by atoms with Crippen LogP contribution in [-0.2, 0) is 20.2 Å². The fourth-order valence-electron chi connectivity index (χ4n) is 3.69. The zero-order chi connectivity index (χ0) is 31.7. The molecule has 0 bridgehead atoms. The minimum Gasteiger partial charge on any atom is -0.744 e. The van der Waals surface area contributed by atoms with Gasteiger partial charge in [0.05, 0.1) is 43.2 Å². The molecule has 0 saturated carbocycles. The second kappa shape index (κ2) is 14.7. The number of azo groups is 2. The minimum atomic E-state index is -5.29. The van der Waals surface area contributed by atoms with Crippen molar-refractivity contribution in [2.24, 2.45) is 20.5 Å². The van der Waals surface area contributed by atoms with E-state index < -0.39 is 52.0 Å². The summed E-state index contributed by atoms with van der Waals surface area (Å²) in [4.78, 5) is 8.09. The molecule has 0 atom stereocenters. The van der Waals surface area contributed by atoms with E-state index >= 15 is 0 Å². The third kappa shape index (κ3) is 8.82. The van der Waals surface area contributed by atoms with Crippen molar-refractivity contribution in [1.82, 2.24) is 0 Å². The number of benzene rings is 4. The molecule has 0 heterocycles. The smallest absolute Gasteiger partial charge is 0.744 e. The van der Waals surface area contributed by atoms with E-state index in [-0.39, 0.29) is 93.6 Å². The Kier molecular flexibility index (Phi) is 12.3. The van der Waals surface area contributed by atoms with E-state index in [2.05, 4.69) is 20.5 Å². The van der Waals surface area contributed by atoms with Crippen LogP contribution in [0.4, 0.5) is 51.2 Å². The first-order chi connectivity index (χ1) is 20.1. The standard InChI is InChI=1S/C24H21N9O8S2.2Na/c25-16-9-17(26)19(33(34)35)10-18(16)31-29-14-5-1-12(2-6-14)13-3-7-15(8-4-13)30-32-24-22(27)20(42(36,37)38)11-21(23(24)28)43(39,40)41;;/h1-11H,25-28H2,(H,36,37,38)(H,39,40,41);;/q;2*+1/p-2. The number of hydrogen-bond acceptors (Lipinski definition) is 16. The molecule has 45 heavy (non-hydrogen) atoms. The summed E-state index contributed by atoms with van der Waals surface area (Å²) in [5.74, 6) is 0. The van der Waals surface area contributed by atoms with Crippen LogP contribution in [0.5, 0.6) is 0 Å². The molecule has 4 rings (SSSR count). The number of hydrogen-bond donors (Lipinski definition) is 4.